The normalized spacial score (nSPS) is 39.0. The molecule has 0 aromatic rings. The molecule has 4 heteroatoms. The maximum absolute atomic E-state index is 11.3. The summed E-state index contributed by atoms with van der Waals surface area (Å²) in [5.74, 6) is 0.0191. The summed E-state index contributed by atoms with van der Waals surface area (Å²) in [6.07, 6.45) is 4.02. The fraction of sp³-hybridized carbons (Fsp3) is 0.625. The Balaban J connectivity index is 2.17. The van der Waals surface area contributed by atoms with Gasteiger partial charge in [0.25, 0.3) is 0 Å². The number of carbonyl (C=O) groups excluding carboxylic acids is 1. The van der Waals surface area contributed by atoms with E-state index >= 15 is 0 Å². The first-order valence-electron chi connectivity index (χ1n) is 3.92. The zero-order chi connectivity index (χ0) is 8.72. The van der Waals surface area contributed by atoms with Crippen molar-refractivity contribution >= 4 is 17.7 Å². The predicted molar refractivity (Wildman–Crippen MR) is 44.5 cm³/mol. The second kappa shape index (κ2) is 2.75. The topological polar surface area (TPSA) is 29.5 Å². The average Bonchev–Trinajstić information content (AvgIpc) is 2.59. The summed E-state index contributed by atoms with van der Waals surface area (Å²) in [5.41, 5.74) is 0. The highest BCUT2D eigenvalue weighted by Gasteiger charge is 2.47. The standard InChI is InChI=1S/C8H10ClNO2/c1-12-8(11)7-5-2-3-6(7)10(9)4-5/h2-3,5-7H,4H2,1H3. The third kappa shape index (κ3) is 0.967. The second-order valence-electron chi connectivity index (χ2n) is 3.17. The van der Waals surface area contributed by atoms with Crippen molar-refractivity contribution in [3.63, 3.8) is 0 Å². The molecule has 1 heterocycles. The average molecular weight is 188 g/mol. The molecule has 0 aromatic heterocycles. The van der Waals surface area contributed by atoms with Gasteiger partial charge in [0.15, 0.2) is 0 Å². The molecule has 1 aliphatic carbocycles. The Kier molecular flexibility index (Phi) is 1.85. The van der Waals surface area contributed by atoms with Gasteiger partial charge >= 0.3 is 5.97 Å². The first-order valence-corrected chi connectivity index (χ1v) is 4.26. The van der Waals surface area contributed by atoms with E-state index in [1.165, 1.54) is 7.11 Å². The van der Waals surface area contributed by atoms with E-state index in [-0.39, 0.29) is 23.8 Å². The highest BCUT2D eigenvalue weighted by atomic mass is 35.5. The third-order valence-corrected chi connectivity index (χ3v) is 2.93. The summed E-state index contributed by atoms with van der Waals surface area (Å²) >= 11 is 5.88. The first kappa shape index (κ1) is 8.08. The monoisotopic (exact) mass is 187 g/mol. The molecular weight excluding hydrogens is 178 g/mol. The maximum atomic E-state index is 11.3. The lowest BCUT2D eigenvalue weighted by Crippen LogP contribution is -2.28. The highest BCUT2D eigenvalue weighted by Crippen LogP contribution is 2.39. The van der Waals surface area contributed by atoms with Gasteiger partial charge in [-0.25, -0.2) is 4.42 Å². The molecule has 2 rings (SSSR count). The Morgan fingerprint density at radius 3 is 2.83 bits per heavy atom. The number of hydrogen-bond acceptors (Lipinski definition) is 3. The van der Waals surface area contributed by atoms with Crippen LogP contribution >= 0.6 is 11.8 Å². The molecule has 2 aliphatic rings. The van der Waals surface area contributed by atoms with Crippen LogP contribution in [-0.2, 0) is 9.53 Å². The quantitative estimate of drug-likeness (QED) is 0.346. The molecule has 1 fully saturated rings. The largest absolute Gasteiger partial charge is 0.469 e. The Bertz CT molecular complexity index is 241. The Hall–Kier alpha value is -0.540. The van der Waals surface area contributed by atoms with Gasteiger partial charge in [0.2, 0.25) is 0 Å². The van der Waals surface area contributed by atoms with Gasteiger partial charge in [0.1, 0.15) is 0 Å². The van der Waals surface area contributed by atoms with Crippen LogP contribution in [0.3, 0.4) is 0 Å². The van der Waals surface area contributed by atoms with Crippen LogP contribution in [0.4, 0.5) is 0 Å². The van der Waals surface area contributed by atoms with Gasteiger partial charge in [0.05, 0.1) is 19.1 Å². The van der Waals surface area contributed by atoms with Crippen molar-refractivity contribution in [3.05, 3.63) is 12.2 Å². The Morgan fingerprint density at radius 1 is 1.67 bits per heavy atom. The minimum Gasteiger partial charge on any atom is -0.469 e. The van der Waals surface area contributed by atoms with Crippen molar-refractivity contribution in [1.82, 2.24) is 4.42 Å². The fourth-order valence-electron chi connectivity index (χ4n) is 1.96. The number of hydrogen-bond donors (Lipinski definition) is 0. The first-order chi connectivity index (χ1) is 5.74. The summed E-state index contributed by atoms with van der Waals surface area (Å²) in [7, 11) is 1.42. The van der Waals surface area contributed by atoms with Crippen LogP contribution in [0.25, 0.3) is 0 Å². The zero-order valence-corrected chi connectivity index (χ0v) is 7.49. The van der Waals surface area contributed by atoms with Crippen LogP contribution in [0.2, 0.25) is 0 Å². The number of carbonyl (C=O) groups is 1. The smallest absolute Gasteiger partial charge is 0.311 e. The van der Waals surface area contributed by atoms with Crippen molar-refractivity contribution in [2.75, 3.05) is 13.7 Å². The molecular formula is C8H10ClNO2. The van der Waals surface area contributed by atoms with Crippen LogP contribution in [-0.4, -0.2) is 30.1 Å². The molecule has 0 amide bonds. The molecule has 3 unspecified atom stereocenters. The molecule has 1 aliphatic heterocycles. The molecule has 66 valence electrons. The molecule has 12 heavy (non-hydrogen) atoms. The van der Waals surface area contributed by atoms with Crippen LogP contribution in [0.5, 0.6) is 0 Å². The lowest BCUT2D eigenvalue weighted by molar-refractivity contribution is -0.146. The van der Waals surface area contributed by atoms with Crippen molar-refractivity contribution in [3.8, 4) is 0 Å². The second-order valence-corrected chi connectivity index (χ2v) is 3.60. The maximum Gasteiger partial charge on any atom is 0.311 e. The number of halogens is 1. The van der Waals surface area contributed by atoms with Gasteiger partial charge in [-0.1, -0.05) is 12.2 Å². The summed E-state index contributed by atoms with van der Waals surface area (Å²) in [6, 6.07) is 0.0455. The van der Waals surface area contributed by atoms with Crippen LogP contribution in [0.15, 0.2) is 12.2 Å². The van der Waals surface area contributed by atoms with Crippen molar-refractivity contribution in [2.45, 2.75) is 6.04 Å². The van der Waals surface area contributed by atoms with Crippen molar-refractivity contribution in [2.24, 2.45) is 11.8 Å². The van der Waals surface area contributed by atoms with Crippen molar-refractivity contribution < 1.29 is 9.53 Å². The van der Waals surface area contributed by atoms with Gasteiger partial charge in [-0.3, -0.25) is 4.79 Å². The Labute approximate surface area is 76.0 Å². The molecule has 3 atom stereocenters. The highest BCUT2D eigenvalue weighted by molar-refractivity contribution is 6.14. The molecule has 0 radical (unpaired) electrons. The molecule has 0 saturated carbocycles. The zero-order valence-electron chi connectivity index (χ0n) is 6.74. The summed E-state index contributed by atoms with van der Waals surface area (Å²) in [4.78, 5) is 11.3. The minimum atomic E-state index is -0.154. The SMILES string of the molecule is COC(=O)C1C2C=CC1N(Cl)C2. The number of methoxy groups -OCH3 is 1. The lowest BCUT2D eigenvalue weighted by atomic mass is 9.98. The molecule has 1 saturated heterocycles. The molecule has 0 N–H and O–H groups in total. The van der Waals surface area contributed by atoms with E-state index < -0.39 is 0 Å². The van der Waals surface area contributed by atoms with E-state index in [9.17, 15) is 4.79 Å². The van der Waals surface area contributed by atoms with Gasteiger partial charge in [0, 0.05) is 12.5 Å². The Morgan fingerprint density at radius 2 is 2.42 bits per heavy atom. The predicted octanol–water partition coefficient (Wildman–Crippen LogP) is 0.800. The number of fused-ring (bicyclic) bond motifs is 2. The summed E-state index contributed by atoms with van der Waals surface area (Å²) in [5, 5.41) is 0. The fourth-order valence-corrected chi connectivity index (χ4v) is 2.31. The van der Waals surface area contributed by atoms with E-state index in [4.69, 9.17) is 16.5 Å². The van der Waals surface area contributed by atoms with Gasteiger partial charge in [-0.05, 0) is 11.8 Å². The minimum absolute atomic E-state index is 0.0455. The van der Waals surface area contributed by atoms with Gasteiger partial charge in [-0.15, -0.1) is 0 Å². The number of nitrogens with zero attached hydrogens (tertiary/aromatic N) is 1. The van der Waals surface area contributed by atoms with Crippen LogP contribution < -0.4 is 0 Å². The van der Waals surface area contributed by atoms with E-state index in [0.717, 1.165) is 6.54 Å². The molecule has 0 spiro atoms. The van der Waals surface area contributed by atoms with Crippen molar-refractivity contribution in [1.29, 1.82) is 0 Å². The van der Waals surface area contributed by atoms with Gasteiger partial charge < -0.3 is 4.74 Å². The van der Waals surface area contributed by atoms with E-state index in [2.05, 4.69) is 0 Å². The molecule has 0 aromatic carbocycles. The molecule has 2 bridgehead atoms. The molecule has 3 nitrogen and oxygen atoms in total. The van der Waals surface area contributed by atoms with Gasteiger partial charge in [-0.2, -0.15) is 0 Å². The summed E-state index contributed by atoms with van der Waals surface area (Å²) < 4.78 is 6.37. The lowest BCUT2D eigenvalue weighted by Gasteiger charge is -2.15. The van der Waals surface area contributed by atoms with E-state index in [0.29, 0.717) is 0 Å². The summed E-state index contributed by atoms with van der Waals surface area (Å²) in [6.45, 7) is 0.752. The van der Waals surface area contributed by atoms with E-state index in [1.54, 1.807) is 4.42 Å². The van der Waals surface area contributed by atoms with Crippen LogP contribution in [0, 0.1) is 11.8 Å². The number of rotatable bonds is 1. The van der Waals surface area contributed by atoms with Crippen LogP contribution in [0.1, 0.15) is 0 Å². The van der Waals surface area contributed by atoms with E-state index in [1.807, 2.05) is 12.2 Å². The number of ether oxygens (including phenoxy) is 1. The third-order valence-electron chi connectivity index (χ3n) is 2.57. The number of esters is 1.